The first-order valence-corrected chi connectivity index (χ1v) is 30.0. The minimum Gasteiger partial charge on any atom is -0.481 e. The van der Waals surface area contributed by atoms with Crippen LogP contribution in [0, 0.1) is 0 Å². The monoisotopic (exact) mass is 1100 g/mol. The van der Waals surface area contributed by atoms with Crippen LogP contribution < -0.4 is 21.7 Å². The lowest BCUT2D eigenvalue weighted by atomic mass is 9.90. The Morgan fingerprint density at radius 1 is 0.654 bits per heavy atom. The van der Waals surface area contributed by atoms with Gasteiger partial charge in [0.1, 0.15) is 12.5 Å². The number of aliphatic hydroxyl groups excluding tert-OH is 2. The number of H-pyrrole nitrogens is 2. The molecule has 3 aliphatic heterocycles. The van der Waals surface area contributed by atoms with Crippen molar-refractivity contribution in [2.75, 3.05) is 38.8 Å². The Morgan fingerprint density at radius 2 is 1.21 bits per heavy atom. The van der Waals surface area contributed by atoms with E-state index in [0.29, 0.717) is 49.8 Å². The fraction of sp³-hybridized carbons (Fsp3) is 0.667. The first-order chi connectivity index (χ1) is 38.0. The summed E-state index contributed by atoms with van der Waals surface area (Å²) in [5, 5.41) is 38.6. The first kappa shape index (κ1) is 61.0. The number of aromatic nitrogens is 2. The molecule has 8 fully saturated rings. The number of morpholine rings is 3. The zero-order chi connectivity index (χ0) is 55.1. The Kier molecular flexibility index (Phi) is 25.5. The highest BCUT2D eigenvalue weighted by atomic mass is 35.5. The number of aliphatic carboxylic acids is 1. The molecule has 12 rings (SSSR count). The molecular weight excluding hydrogens is 1010 g/mol. The van der Waals surface area contributed by atoms with Crippen molar-refractivity contribution in [2.24, 2.45) is 5.73 Å². The molecule has 5 aliphatic carbocycles. The van der Waals surface area contributed by atoms with Crippen molar-refractivity contribution < 1.29 is 48.7 Å². The number of carbonyl (C=O) groups is 4. The molecule has 1 unspecified atom stereocenters. The third-order valence-electron chi connectivity index (χ3n) is 16.6. The fourth-order valence-corrected chi connectivity index (χ4v) is 12.3. The van der Waals surface area contributed by atoms with Crippen molar-refractivity contribution in [1.29, 1.82) is 0 Å². The number of aliphatic hydroxyl groups is 2. The Bertz CT molecular complexity index is 2400. The van der Waals surface area contributed by atoms with Crippen LogP contribution in [0.15, 0.2) is 60.9 Å². The van der Waals surface area contributed by atoms with Gasteiger partial charge in [-0.3, -0.25) is 19.2 Å². The molecule has 2 aromatic heterocycles. The highest BCUT2D eigenvalue weighted by Crippen LogP contribution is 2.30. The van der Waals surface area contributed by atoms with E-state index in [1.54, 1.807) is 0 Å². The van der Waals surface area contributed by atoms with E-state index >= 15 is 0 Å². The number of carboxylic acid groups (broad SMARTS) is 1. The molecule has 10 N–H and O–H groups in total. The summed E-state index contributed by atoms with van der Waals surface area (Å²) in [6, 6.07) is 17.5. The van der Waals surface area contributed by atoms with Crippen molar-refractivity contribution in [3.8, 4) is 0 Å². The Balaban J connectivity index is 0.000000141. The van der Waals surface area contributed by atoms with Crippen LogP contribution >= 0.6 is 11.6 Å². The molecule has 10 atom stereocenters. The Labute approximate surface area is 466 Å². The van der Waals surface area contributed by atoms with Gasteiger partial charge < -0.3 is 66.1 Å². The summed E-state index contributed by atoms with van der Waals surface area (Å²) in [7, 11) is 0. The third kappa shape index (κ3) is 19.0. The van der Waals surface area contributed by atoms with Gasteiger partial charge in [-0.05, 0) is 100 Å². The van der Waals surface area contributed by atoms with Crippen molar-refractivity contribution in [3.05, 3.63) is 72.1 Å². The van der Waals surface area contributed by atoms with E-state index < -0.39 is 5.97 Å². The summed E-state index contributed by atoms with van der Waals surface area (Å²) in [5.74, 6) is -0.634. The number of nitrogens with one attached hydrogen (secondary N) is 5. The second kappa shape index (κ2) is 32.6. The normalized spacial score (nSPS) is 28.4. The zero-order valence-corrected chi connectivity index (χ0v) is 46.6. The topological polar surface area (TPSA) is 254 Å². The predicted molar refractivity (Wildman–Crippen MR) is 304 cm³/mol. The number of ether oxygens (including phenoxy) is 3. The van der Waals surface area contributed by atoms with E-state index in [0.717, 1.165) is 119 Å². The zero-order valence-electron chi connectivity index (χ0n) is 45.9. The van der Waals surface area contributed by atoms with Crippen molar-refractivity contribution in [3.63, 3.8) is 0 Å². The fourth-order valence-electron chi connectivity index (χ4n) is 12.3. The van der Waals surface area contributed by atoms with Gasteiger partial charge in [-0.25, -0.2) is 0 Å². The average Bonchev–Trinajstić information content (AvgIpc) is 4.10. The number of aromatic amines is 2. The molecule has 3 amide bonds. The summed E-state index contributed by atoms with van der Waals surface area (Å²) >= 11 is 5.33. The van der Waals surface area contributed by atoms with Crippen LogP contribution in [0.2, 0.25) is 0 Å². The number of fused-ring (bicyclic) bond motifs is 5. The number of hydrogen-bond donors (Lipinski definition) is 9. The van der Waals surface area contributed by atoms with Gasteiger partial charge in [-0.15, -0.1) is 11.6 Å². The van der Waals surface area contributed by atoms with Crippen molar-refractivity contribution >= 4 is 57.1 Å². The molecular formula is C60H90ClN7O10. The van der Waals surface area contributed by atoms with E-state index in [1.165, 1.54) is 68.7 Å². The van der Waals surface area contributed by atoms with Gasteiger partial charge in [0.05, 0.1) is 61.9 Å². The van der Waals surface area contributed by atoms with Crippen LogP contribution in [-0.4, -0.2) is 153 Å². The summed E-state index contributed by atoms with van der Waals surface area (Å²) in [5.41, 5.74) is 10.0. The molecule has 0 spiro atoms. The number of aryl methyl sites for hydroxylation is 2. The number of para-hydroxylation sites is 2. The molecule has 0 radical (unpaired) electrons. The molecule has 17 nitrogen and oxygen atoms in total. The molecule has 2 aromatic carbocycles. The van der Waals surface area contributed by atoms with E-state index in [4.69, 9.17) is 41.8 Å². The third-order valence-corrected chi connectivity index (χ3v) is 16.9. The van der Waals surface area contributed by atoms with Gasteiger partial charge in [-0.1, -0.05) is 101 Å². The maximum absolute atomic E-state index is 12.7. The Morgan fingerprint density at radius 3 is 1.82 bits per heavy atom. The lowest BCUT2D eigenvalue weighted by Crippen LogP contribution is -2.54. The predicted octanol–water partition coefficient (Wildman–Crippen LogP) is 7.71. The average molecular weight is 1100 g/mol. The maximum atomic E-state index is 12.7. The standard InChI is InChI=1S/C19H24N2O2.C11H11NO2.C8H14ClNO2.C8H13NO2.C8H15NO.C6H13NO/c22-19(21-11-12-23-18-8-4-3-7-17(18)21)10-9-14-13-20-16-6-2-1-5-15(14)16;13-11(14)6-5-8-7-12-10-4-2-1-3-9(8)10;9-5-8(12)10-6-3-1-2-4-7(6)11;10-8-5-11-7-4-2-1-3-6(7)9-8;1-2-4-8-7(3-1)9-5-6-10-8;7-5-3-1-2-4-6(5)8/h1-2,5-6,13,17-18,20H,3-4,7-12H2;1-4,7,12H,5-6H2,(H,13,14);6-7,11H,1-5H2,(H,10,12);6-7H,1-5H2,(H,9,10);7-9H,1-6H2;5-6,8H,1-4,7H2/t17?,18-;;2*6-,7-;7-,8-;5-,6-/m1.1111/s1. The largest absolute Gasteiger partial charge is 0.481 e. The number of hydrogen-bond acceptors (Lipinski definition) is 11. The lowest BCUT2D eigenvalue weighted by Gasteiger charge is -2.43. The van der Waals surface area contributed by atoms with E-state index in [1.807, 2.05) is 42.7 Å². The molecule has 4 aromatic rings. The highest BCUT2D eigenvalue weighted by molar-refractivity contribution is 6.27. The number of benzene rings is 2. The van der Waals surface area contributed by atoms with Gasteiger partial charge in [0.2, 0.25) is 17.7 Å². The SMILES string of the molecule is C1CC[C@H]2OCCN[C@@H]2C1.N[C@@H]1CCCC[C@H]1O.O=C(CCc1c[nH]c2ccccc12)N1CCO[C@@H]2CCCCC21.O=C(CCl)N[C@@H]1CCCC[C@H]1O.O=C(O)CCc1c[nH]c2ccccc12.O=C1CO[C@@H]2CCCC[C@H]2N1. The second-order valence-corrected chi connectivity index (χ2v) is 22.5. The summed E-state index contributed by atoms with van der Waals surface area (Å²) in [6.45, 7) is 3.69. The molecule has 18 heteroatoms. The maximum Gasteiger partial charge on any atom is 0.303 e. The van der Waals surface area contributed by atoms with Crippen LogP contribution in [0.5, 0.6) is 0 Å². The summed E-state index contributed by atoms with van der Waals surface area (Å²) in [6.07, 6.45) is 29.3. The van der Waals surface area contributed by atoms with Gasteiger partial charge in [0.15, 0.2) is 0 Å². The van der Waals surface area contributed by atoms with Crippen LogP contribution in [-0.2, 0) is 46.2 Å². The molecule has 5 saturated carbocycles. The molecule has 8 aliphatic rings. The Hall–Kier alpha value is -4.59. The number of rotatable bonds is 8. The number of carbonyl (C=O) groups excluding carboxylic acids is 3. The highest BCUT2D eigenvalue weighted by Gasteiger charge is 2.37. The van der Waals surface area contributed by atoms with Crippen molar-refractivity contribution in [1.82, 2.24) is 30.8 Å². The molecule has 432 valence electrons. The van der Waals surface area contributed by atoms with E-state index in [2.05, 4.69) is 49.0 Å². The van der Waals surface area contributed by atoms with Crippen LogP contribution in [0.4, 0.5) is 0 Å². The number of nitrogens with zero attached hydrogens (tertiary/aromatic N) is 1. The number of alkyl halides is 1. The van der Waals surface area contributed by atoms with Gasteiger partial charge in [0.25, 0.3) is 0 Å². The number of amides is 3. The van der Waals surface area contributed by atoms with Crippen LogP contribution in [0.1, 0.15) is 152 Å². The number of carboxylic acids is 1. The van der Waals surface area contributed by atoms with Crippen molar-refractivity contribution in [2.45, 2.75) is 215 Å². The smallest absolute Gasteiger partial charge is 0.303 e. The van der Waals surface area contributed by atoms with Crippen LogP contribution in [0.3, 0.4) is 0 Å². The molecule has 78 heavy (non-hydrogen) atoms. The van der Waals surface area contributed by atoms with Gasteiger partial charge >= 0.3 is 5.97 Å². The van der Waals surface area contributed by atoms with E-state index in [9.17, 15) is 24.3 Å². The number of nitrogens with two attached hydrogens (primary N) is 1. The summed E-state index contributed by atoms with van der Waals surface area (Å²) < 4.78 is 16.9. The molecule has 5 heterocycles. The number of halogens is 1. The quantitative estimate of drug-likeness (QED) is 0.0770. The minimum atomic E-state index is -0.754. The minimum absolute atomic E-state index is 0.0246. The molecule has 0 bridgehead atoms. The van der Waals surface area contributed by atoms with Gasteiger partial charge in [0, 0.05) is 72.2 Å². The van der Waals surface area contributed by atoms with E-state index in [-0.39, 0.29) is 67.0 Å². The van der Waals surface area contributed by atoms with Gasteiger partial charge in [-0.2, -0.15) is 0 Å². The molecule has 3 saturated heterocycles. The van der Waals surface area contributed by atoms with Crippen LogP contribution in [0.25, 0.3) is 21.8 Å². The lowest BCUT2D eigenvalue weighted by molar-refractivity contribution is -0.149. The first-order valence-electron chi connectivity index (χ1n) is 29.4. The summed E-state index contributed by atoms with van der Waals surface area (Å²) in [4.78, 5) is 53.4. The second-order valence-electron chi connectivity index (χ2n) is 22.2.